The standard InChI is InChI=1S/C12H14ClFN2O/c1-2-3-7-6-15-10-4-8(13)9(14)5-11(10)16-12(7)17/h4-5,7,15H,2-3,6H2,1H3,(H,16,17). The predicted molar refractivity (Wildman–Crippen MR) is 66.9 cm³/mol. The van der Waals surface area contributed by atoms with Crippen LogP contribution in [0.5, 0.6) is 0 Å². The SMILES string of the molecule is CCCC1CNc2cc(Cl)c(F)cc2NC1=O. The summed E-state index contributed by atoms with van der Waals surface area (Å²) in [6.07, 6.45) is 1.74. The van der Waals surface area contributed by atoms with Gasteiger partial charge in [-0.2, -0.15) is 0 Å². The monoisotopic (exact) mass is 256 g/mol. The summed E-state index contributed by atoms with van der Waals surface area (Å²) in [5, 5.41) is 5.90. The molecule has 0 saturated carbocycles. The molecule has 1 atom stereocenters. The van der Waals surface area contributed by atoms with E-state index in [0.29, 0.717) is 17.9 Å². The number of fused-ring (bicyclic) bond motifs is 1. The lowest BCUT2D eigenvalue weighted by Gasteiger charge is -2.11. The van der Waals surface area contributed by atoms with Gasteiger partial charge in [-0.05, 0) is 12.5 Å². The third kappa shape index (κ3) is 2.52. The molecule has 1 unspecified atom stereocenters. The van der Waals surface area contributed by atoms with E-state index in [9.17, 15) is 9.18 Å². The summed E-state index contributed by atoms with van der Waals surface area (Å²) in [6, 6.07) is 2.75. The number of carbonyl (C=O) groups is 1. The van der Waals surface area contributed by atoms with Crippen LogP contribution in [0, 0.1) is 11.7 Å². The summed E-state index contributed by atoms with van der Waals surface area (Å²) in [7, 11) is 0. The first-order chi connectivity index (χ1) is 8.11. The first-order valence-electron chi connectivity index (χ1n) is 5.65. The van der Waals surface area contributed by atoms with Crippen molar-refractivity contribution in [3.63, 3.8) is 0 Å². The molecule has 1 aromatic rings. The number of amides is 1. The van der Waals surface area contributed by atoms with Gasteiger partial charge in [0.1, 0.15) is 5.82 Å². The second kappa shape index (κ2) is 4.92. The van der Waals surface area contributed by atoms with E-state index in [1.54, 1.807) is 0 Å². The molecule has 5 heteroatoms. The molecule has 0 fully saturated rings. The van der Waals surface area contributed by atoms with Crippen LogP contribution in [0.4, 0.5) is 15.8 Å². The van der Waals surface area contributed by atoms with Crippen molar-refractivity contribution in [1.29, 1.82) is 0 Å². The Morgan fingerprint density at radius 1 is 1.47 bits per heavy atom. The molecule has 1 heterocycles. The van der Waals surface area contributed by atoms with Crippen molar-refractivity contribution in [1.82, 2.24) is 0 Å². The minimum Gasteiger partial charge on any atom is -0.383 e. The number of hydrogen-bond donors (Lipinski definition) is 2. The van der Waals surface area contributed by atoms with Gasteiger partial charge < -0.3 is 10.6 Å². The van der Waals surface area contributed by atoms with Gasteiger partial charge in [-0.25, -0.2) is 4.39 Å². The largest absolute Gasteiger partial charge is 0.383 e. The summed E-state index contributed by atoms with van der Waals surface area (Å²) in [5.41, 5.74) is 1.12. The molecule has 0 bridgehead atoms. The second-order valence-electron chi connectivity index (χ2n) is 4.17. The quantitative estimate of drug-likeness (QED) is 0.853. The van der Waals surface area contributed by atoms with Gasteiger partial charge in [-0.1, -0.05) is 24.9 Å². The van der Waals surface area contributed by atoms with E-state index in [2.05, 4.69) is 10.6 Å². The fourth-order valence-electron chi connectivity index (χ4n) is 1.94. The molecule has 17 heavy (non-hydrogen) atoms. The number of nitrogens with one attached hydrogen (secondary N) is 2. The zero-order chi connectivity index (χ0) is 12.4. The normalized spacial score (nSPS) is 19.0. The van der Waals surface area contributed by atoms with Crippen LogP contribution >= 0.6 is 11.6 Å². The second-order valence-corrected chi connectivity index (χ2v) is 4.57. The summed E-state index contributed by atoms with van der Waals surface area (Å²) >= 11 is 5.71. The highest BCUT2D eigenvalue weighted by molar-refractivity contribution is 6.31. The highest BCUT2D eigenvalue weighted by atomic mass is 35.5. The van der Waals surface area contributed by atoms with Crippen molar-refractivity contribution in [3.05, 3.63) is 23.0 Å². The highest BCUT2D eigenvalue weighted by Crippen LogP contribution is 2.31. The Balaban J connectivity index is 2.28. The topological polar surface area (TPSA) is 41.1 Å². The van der Waals surface area contributed by atoms with Crippen LogP contribution in [0.1, 0.15) is 19.8 Å². The molecule has 1 amide bonds. The number of halogens is 2. The number of carbonyl (C=O) groups excluding carboxylic acids is 1. The zero-order valence-corrected chi connectivity index (χ0v) is 10.3. The van der Waals surface area contributed by atoms with Crippen LogP contribution in [-0.2, 0) is 4.79 Å². The summed E-state index contributed by atoms with van der Waals surface area (Å²) in [6.45, 7) is 2.58. The first kappa shape index (κ1) is 12.2. The van der Waals surface area contributed by atoms with Gasteiger partial charge in [-0.3, -0.25) is 4.79 Å². The Hall–Kier alpha value is -1.29. The Morgan fingerprint density at radius 3 is 2.94 bits per heavy atom. The van der Waals surface area contributed by atoms with Gasteiger partial charge in [0.25, 0.3) is 0 Å². The van der Waals surface area contributed by atoms with Crippen LogP contribution in [0.3, 0.4) is 0 Å². The van der Waals surface area contributed by atoms with E-state index < -0.39 is 5.82 Å². The summed E-state index contributed by atoms with van der Waals surface area (Å²) in [4.78, 5) is 11.9. The van der Waals surface area contributed by atoms with Gasteiger partial charge >= 0.3 is 0 Å². The van der Waals surface area contributed by atoms with E-state index in [1.807, 2.05) is 6.92 Å². The summed E-state index contributed by atoms with van der Waals surface area (Å²) < 4.78 is 13.3. The molecule has 1 aliphatic rings. The van der Waals surface area contributed by atoms with Crippen LogP contribution < -0.4 is 10.6 Å². The maximum Gasteiger partial charge on any atom is 0.229 e. The third-order valence-electron chi connectivity index (χ3n) is 2.87. The maximum absolute atomic E-state index is 13.3. The van der Waals surface area contributed by atoms with Crippen LogP contribution in [0.25, 0.3) is 0 Å². The first-order valence-corrected chi connectivity index (χ1v) is 6.03. The molecule has 0 aromatic heterocycles. The predicted octanol–water partition coefficient (Wildman–Crippen LogP) is 3.26. The van der Waals surface area contributed by atoms with Crippen molar-refractivity contribution < 1.29 is 9.18 Å². The fourth-order valence-corrected chi connectivity index (χ4v) is 2.10. The van der Waals surface area contributed by atoms with E-state index in [1.165, 1.54) is 12.1 Å². The molecule has 2 rings (SSSR count). The Kier molecular flexibility index (Phi) is 3.52. The lowest BCUT2D eigenvalue weighted by molar-refractivity contribution is -0.119. The molecule has 1 aliphatic heterocycles. The third-order valence-corrected chi connectivity index (χ3v) is 3.15. The molecule has 0 aliphatic carbocycles. The molecular weight excluding hydrogens is 243 g/mol. The van der Waals surface area contributed by atoms with Crippen LogP contribution in [-0.4, -0.2) is 12.5 Å². The minimum absolute atomic E-state index is 0.0550. The van der Waals surface area contributed by atoms with Gasteiger partial charge in [0.05, 0.1) is 22.3 Å². The Morgan fingerprint density at radius 2 is 2.24 bits per heavy atom. The number of hydrogen-bond acceptors (Lipinski definition) is 2. The number of anilines is 2. The molecule has 0 radical (unpaired) electrons. The van der Waals surface area contributed by atoms with Gasteiger partial charge in [-0.15, -0.1) is 0 Å². The Labute approximate surface area is 104 Å². The van der Waals surface area contributed by atoms with Gasteiger partial charge in [0, 0.05) is 12.6 Å². The van der Waals surface area contributed by atoms with E-state index >= 15 is 0 Å². The van der Waals surface area contributed by atoms with Crippen molar-refractivity contribution in [2.45, 2.75) is 19.8 Å². The van der Waals surface area contributed by atoms with E-state index in [0.717, 1.165) is 12.8 Å². The molecule has 1 aromatic carbocycles. The van der Waals surface area contributed by atoms with Crippen LogP contribution in [0.2, 0.25) is 5.02 Å². The minimum atomic E-state index is -0.526. The zero-order valence-electron chi connectivity index (χ0n) is 9.52. The molecule has 92 valence electrons. The lowest BCUT2D eigenvalue weighted by atomic mass is 10.0. The number of benzene rings is 1. The van der Waals surface area contributed by atoms with Crippen molar-refractivity contribution in [2.24, 2.45) is 5.92 Å². The Bertz CT molecular complexity index is 450. The van der Waals surface area contributed by atoms with Gasteiger partial charge in [0.2, 0.25) is 5.91 Å². The molecule has 0 spiro atoms. The molecule has 3 nitrogen and oxygen atoms in total. The van der Waals surface area contributed by atoms with Crippen molar-refractivity contribution in [3.8, 4) is 0 Å². The maximum atomic E-state index is 13.3. The molecule has 2 N–H and O–H groups in total. The molecular formula is C12H14ClFN2O. The summed E-state index contributed by atoms with van der Waals surface area (Å²) in [5.74, 6) is -0.685. The van der Waals surface area contributed by atoms with Crippen LogP contribution in [0.15, 0.2) is 12.1 Å². The lowest BCUT2D eigenvalue weighted by Crippen LogP contribution is -2.25. The average Bonchev–Trinajstić information content (AvgIpc) is 2.42. The smallest absolute Gasteiger partial charge is 0.229 e. The van der Waals surface area contributed by atoms with Gasteiger partial charge in [0.15, 0.2) is 0 Å². The average molecular weight is 257 g/mol. The highest BCUT2D eigenvalue weighted by Gasteiger charge is 2.23. The fraction of sp³-hybridized carbons (Fsp3) is 0.417. The van der Waals surface area contributed by atoms with E-state index in [4.69, 9.17) is 11.6 Å². The molecule has 0 saturated heterocycles. The van der Waals surface area contributed by atoms with E-state index in [-0.39, 0.29) is 16.8 Å². The van der Waals surface area contributed by atoms with Crippen molar-refractivity contribution >= 4 is 28.9 Å². The van der Waals surface area contributed by atoms with Crippen molar-refractivity contribution in [2.75, 3.05) is 17.2 Å². The number of rotatable bonds is 2.